The highest BCUT2D eigenvalue weighted by Gasteiger charge is 2.38. The molecule has 1 amide bonds. The van der Waals surface area contributed by atoms with Gasteiger partial charge in [-0.3, -0.25) is 14.5 Å². The van der Waals surface area contributed by atoms with Crippen LogP contribution in [-0.4, -0.2) is 39.9 Å². The zero-order chi connectivity index (χ0) is 25.7. The van der Waals surface area contributed by atoms with Gasteiger partial charge < -0.3 is 9.84 Å². The molecule has 0 unspecified atom stereocenters. The number of thioether (sulfide) groups is 1. The van der Waals surface area contributed by atoms with Gasteiger partial charge in [-0.05, 0) is 76.6 Å². The molecule has 1 aliphatic carbocycles. The molecule has 7 heteroatoms. The van der Waals surface area contributed by atoms with Crippen molar-refractivity contribution in [1.29, 1.82) is 0 Å². The van der Waals surface area contributed by atoms with Crippen molar-refractivity contribution in [3.8, 4) is 16.9 Å². The second-order valence-corrected chi connectivity index (χ2v) is 12.2. The highest BCUT2D eigenvalue weighted by Crippen LogP contribution is 2.49. The lowest BCUT2D eigenvalue weighted by Crippen LogP contribution is -2.34. The lowest BCUT2D eigenvalue weighted by Gasteiger charge is -2.42. The first kappa shape index (κ1) is 25.5. The van der Waals surface area contributed by atoms with E-state index in [4.69, 9.17) is 22.1 Å². The molecule has 4 rings (SSSR count). The lowest BCUT2D eigenvalue weighted by atomic mass is 9.62. The molecule has 0 bridgehead atoms. The predicted molar refractivity (Wildman–Crippen MR) is 146 cm³/mol. The first-order valence-electron chi connectivity index (χ1n) is 11.7. The summed E-state index contributed by atoms with van der Waals surface area (Å²) in [7, 11) is 1.65. The van der Waals surface area contributed by atoms with E-state index in [1.54, 1.807) is 13.2 Å². The number of aryl methyl sites for hydroxylation is 1. The molecular formula is C28H31NO4S2. The molecule has 1 heterocycles. The van der Waals surface area contributed by atoms with E-state index < -0.39 is 12.5 Å². The van der Waals surface area contributed by atoms with Gasteiger partial charge in [0.15, 0.2) is 0 Å². The number of rotatable bonds is 5. The van der Waals surface area contributed by atoms with Crippen LogP contribution >= 0.6 is 24.0 Å². The first-order valence-corrected chi connectivity index (χ1v) is 12.9. The van der Waals surface area contributed by atoms with Gasteiger partial charge in [-0.25, -0.2) is 0 Å². The number of ether oxygens (including phenoxy) is 1. The molecule has 2 aromatic rings. The van der Waals surface area contributed by atoms with Crippen LogP contribution in [0.15, 0.2) is 35.2 Å². The van der Waals surface area contributed by atoms with Gasteiger partial charge >= 0.3 is 5.97 Å². The monoisotopic (exact) mass is 509 g/mol. The standard InChI is InChI=1S/C28H31NO4S2/c1-16-12-19-20(28(4,5)11-10-27(19,2)3)14-18(16)24-17(8-7-9-21(24)33-6)13-22-25(32)29(15-23(30)31)26(34)35-22/h7-9,12-14H,10-11,15H2,1-6H3,(H,30,31). The Morgan fingerprint density at radius 1 is 1.17 bits per heavy atom. The fourth-order valence-electron chi connectivity index (χ4n) is 5.03. The molecule has 2 aliphatic rings. The highest BCUT2D eigenvalue weighted by atomic mass is 32.2. The summed E-state index contributed by atoms with van der Waals surface area (Å²) in [4.78, 5) is 25.6. The van der Waals surface area contributed by atoms with Crippen molar-refractivity contribution in [2.45, 2.75) is 58.3 Å². The number of hydrogen-bond acceptors (Lipinski definition) is 5. The molecule has 1 aliphatic heterocycles. The molecule has 2 aromatic carbocycles. The molecule has 184 valence electrons. The van der Waals surface area contributed by atoms with Crippen LogP contribution in [0.3, 0.4) is 0 Å². The van der Waals surface area contributed by atoms with Gasteiger partial charge in [0.25, 0.3) is 5.91 Å². The molecule has 1 N–H and O–H groups in total. The number of methoxy groups -OCH3 is 1. The highest BCUT2D eigenvalue weighted by molar-refractivity contribution is 8.26. The van der Waals surface area contributed by atoms with Crippen molar-refractivity contribution in [2.24, 2.45) is 0 Å². The van der Waals surface area contributed by atoms with Crippen LogP contribution in [0.2, 0.25) is 0 Å². The van der Waals surface area contributed by atoms with Crippen molar-refractivity contribution in [1.82, 2.24) is 4.90 Å². The minimum absolute atomic E-state index is 0.0503. The van der Waals surface area contributed by atoms with Gasteiger partial charge in [-0.15, -0.1) is 0 Å². The number of nitrogens with zero attached hydrogens (tertiary/aromatic N) is 1. The van der Waals surface area contributed by atoms with Crippen molar-refractivity contribution in [2.75, 3.05) is 13.7 Å². The molecule has 0 spiro atoms. The Bertz CT molecular complexity index is 1280. The number of fused-ring (bicyclic) bond motifs is 1. The van der Waals surface area contributed by atoms with Crippen molar-refractivity contribution in [3.05, 3.63) is 57.5 Å². The Kier molecular flexibility index (Phi) is 6.62. The van der Waals surface area contributed by atoms with E-state index >= 15 is 0 Å². The van der Waals surface area contributed by atoms with Crippen LogP contribution in [0.5, 0.6) is 5.75 Å². The number of benzene rings is 2. The van der Waals surface area contributed by atoms with Crippen LogP contribution in [0.4, 0.5) is 0 Å². The van der Waals surface area contributed by atoms with Gasteiger partial charge in [0.2, 0.25) is 0 Å². The fraction of sp³-hybridized carbons (Fsp3) is 0.393. The number of aliphatic carboxylic acids is 1. The van der Waals surface area contributed by atoms with E-state index in [9.17, 15) is 9.59 Å². The van der Waals surface area contributed by atoms with Crippen molar-refractivity contribution in [3.63, 3.8) is 0 Å². The molecule has 0 atom stereocenters. The summed E-state index contributed by atoms with van der Waals surface area (Å²) in [6.07, 6.45) is 4.05. The van der Waals surface area contributed by atoms with Crippen LogP contribution in [0.1, 0.15) is 62.8 Å². The minimum atomic E-state index is -1.10. The topological polar surface area (TPSA) is 66.8 Å². The SMILES string of the molecule is COc1cccc(C=C2SC(=S)N(CC(=O)O)C2=O)c1-c1cc2c(cc1C)C(C)(C)CCC2(C)C. The average Bonchev–Trinajstić information content (AvgIpc) is 3.04. The van der Waals surface area contributed by atoms with Crippen LogP contribution in [0, 0.1) is 6.92 Å². The largest absolute Gasteiger partial charge is 0.496 e. The Balaban J connectivity index is 1.89. The first-order chi connectivity index (χ1) is 16.4. The minimum Gasteiger partial charge on any atom is -0.496 e. The van der Waals surface area contributed by atoms with Gasteiger partial charge in [-0.2, -0.15) is 0 Å². The van der Waals surface area contributed by atoms with E-state index in [1.165, 1.54) is 11.1 Å². The Morgan fingerprint density at radius 3 is 2.40 bits per heavy atom. The fourth-order valence-corrected chi connectivity index (χ4v) is 6.28. The summed E-state index contributed by atoms with van der Waals surface area (Å²) in [6.45, 7) is 10.9. The zero-order valence-corrected chi connectivity index (χ0v) is 22.7. The van der Waals surface area contributed by atoms with Crippen LogP contribution in [-0.2, 0) is 20.4 Å². The molecular weight excluding hydrogens is 478 g/mol. The maximum atomic E-state index is 12.9. The van der Waals surface area contributed by atoms with Crippen LogP contribution < -0.4 is 4.74 Å². The smallest absolute Gasteiger partial charge is 0.323 e. The summed E-state index contributed by atoms with van der Waals surface area (Å²) < 4.78 is 6.04. The normalized spacial score (nSPS) is 19.7. The van der Waals surface area contributed by atoms with E-state index in [-0.39, 0.29) is 21.1 Å². The second-order valence-electron chi connectivity index (χ2n) is 10.6. The van der Waals surface area contributed by atoms with Gasteiger partial charge in [0, 0.05) is 5.56 Å². The second kappa shape index (κ2) is 9.10. The molecule has 1 fully saturated rings. The van der Waals surface area contributed by atoms with Crippen molar-refractivity contribution >= 4 is 46.3 Å². The number of carbonyl (C=O) groups is 2. The third kappa shape index (κ3) is 4.64. The summed E-state index contributed by atoms with van der Waals surface area (Å²) in [5.41, 5.74) is 6.85. The molecule has 0 saturated carbocycles. The van der Waals surface area contributed by atoms with Crippen LogP contribution in [0.25, 0.3) is 17.2 Å². The van der Waals surface area contributed by atoms with E-state index in [0.29, 0.717) is 4.91 Å². The molecule has 0 radical (unpaired) electrons. The van der Waals surface area contributed by atoms with E-state index in [1.807, 2.05) is 18.2 Å². The zero-order valence-electron chi connectivity index (χ0n) is 21.0. The number of thiocarbonyl (C=S) groups is 1. The number of carboxylic acid groups (broad SMARTS) is 1. The van der Waals surface area contributed by atoms with Gasteiger partial charge in [0.1, 0.15) is 16.6 Å². The summed E-state index contributed by atoms with van der Waals surface area (Å²) in [6, 6.07) is 10.4. The number of carboxylic acids is 1. The Hall–Kier alpha value is -2.64. The quantitative estimate of drug-likeness (QED) is 0.377. The lowest BCUT2D eigenvalue weighted by molar-refractivity contribution is -0.140. The predicted octanol–water partition coefficient (Wildman–Crippen LogP) is 6.31. The maximum Gasteiger partial charge on any atom is 0.323 e. The Labute approximate surface area is 216 Å². The molecule has 5 nitrogen and oxygen atoms in total. The molecule has 35 heavy (non-hydrogen) atoms. The third-order valence-corrected chi connectivity index (χ3v) is 8.58. The molecule has 0 aromatic heterocycles. The number of amides is 1. The summed E-state index contributed by atoms with van der Waals surface area (Å²) >= 11 is 6.41. The third-order valence-electron chi connectivity index (χ3n) is 7.20. The summed E-state index contributed by atoms with van der Waals surface area (Å²) in [5, 5.41) is 9.15. The number of hydrogen-bond donors (Lipinski definition) is 1. The van der Waals surface area contributed by atoms with Gasteiger partial charge in [-0.1, -0.05) is 69.9 Å². The average molecular weight is 510 g/mol. The van der Waals surface area contributed by atoms with E-state index in [2.05, 4.69) is 46.8 Å². The summed E-state index contributed by atoms with van der Waals surface area (Å²) in [5.74, 6) is -0.767. The molecule has 1 saturated heterocycles. The Morgan fingerprint density at radius 2 is 1.80 bits per heavy atom. The number of carbonyl (C=O) groups excluding carboxylic acids is 1. The van der Waals surface area contributed by atoms with E-state index in [0.717, 1.165) is 57.5 Å². The van der Waals surface area contributed by atoms with Gasteiger partial charge in [0.05, 0.1) is 12.0 Å². The van der Waals surface area contributed by atoms with Crippen molar-refractivity contribution < 1.29 is 19.4 Å². The maximum absolute atomic E-state index is 12.9.